The first-order chi connectivity index (χ1) is 7.42. The van der Waals surface area contributed by atoms with Crippen LogP contribution in [0.1, 0.15) is 26.7 Å². The Kier molecular flexibility index (Phi) is 4.07. The summed E-state index contributed by atoms with van der Waals surface area (Å²) < 4.78 is -0.348. The average Bonchev–Trinajstić information content (AvgIpc) is 2.73. The van der Waals surface area contributed by atoms with E-state index < -0.39 is 0 Å². The molecular weight excluding hydrogens is 226 g/mol. The molecule has 1 heterocycles. The maximum atomic E-state index is 12.2. The Morgan fingerprint density at radius 3 is 2.75 bits per heavy atom. The van der Waals surface area contributed by atoms with E-state index in [1.807, 2.05) is 6.92 Å². The van der Waals surface area contributed by atoms with E-state index in [-0.39, 0.29) is 22.5 Å². The molecule has 1 aliphatic rings. The van der Waals surface area contributed by atoms with Crippen LogP contribution in [0, 0.1) is 0 Å². The van der Waals surface area contributed by atoms with Gasteiger partial charge in [-0.2, -0.15) is 0 Å². The Morgan fingerprint density at radius 2 is 2.31 bits per heavy atom. The highest BCUT2D eigenvalue weighted by Gasteiger charge is 2.40. The van der Waals surface area contributed by atoms with Crippen molar-refractivity contribution in [2.24, 2.45) is 10.9 Å². The minimum atomic E-state index is -0.379. The lowest BCUT2D eigenvalue weighted by Gasteiger charge is -2.31. The monoisotopic (exact) mass is 245 g/mol. The van der Waals surface area contributed by atoms with Crippen molar-refractivity contribution < 1.29 is 10.0 Å². The van der Waals surface area contributed by atoms with Crippen molar-refractivity contribution in [3.05, 3.63) is 0 Å². The number of hydrogen-bond acceptors (Lipinski definition) is 4. The third-order valence-electron chi connectivity index (χ3n) is 3.12. The molecule has 2 atom stereocenters. The van der Waals surface area contributed by atoms with Crippen LogP contribution < -0.4 is 5.73 Å². The highest BCUT2D eigenvalue weighted by Crippen LogP contribution is 2.39. The quantitative estimate of drug-likeness (QED) is 0.334. The zero-order valence-electron chi connectivity index (χ0n) is 9.93. The van der Waals surface area contributed by atoms with Gasteiger partial charge in [-0.05, 0) is 32.4 Å². The second-order valence-corrected chi connectivity index (χ2v) is 5.90. The van der Waals surface area contributed by atoms with Gasteiger partial charge < -0.3 is 15.8 Å². The minimum Gasteiger partial charge on any atom is -0.409 e. The average molecular weight is 245 g/mol. The molecule has 1 fully saturated rings. The van der Waals surface area contributed by atoms with Crippen LogP contribution >= 0.6 is 11.8 Å². The van der Waals surface area contributed by atoms with Crippen LogP contribution in [0.5, 0.6) is 0 Å². The molecular formula is C10H19N3O2S. The smallest absolute Gasteiger partial charge is 0.238 e. The summed E-state index contributed by atoms with van der Waals surface area (Å²) in [5.41, 5.74) is 5.50. The third-order valence-corrected chi connectivity index (χ3v) is 4.62. The molecule has 0 aromatic carbocycles. The molecule has 1 amide bonds. The van der Waals surface area contributed by atoms with Gasteiger partial charge in [0.05, 0.1) is 10.8 Å². The van der Waals surface area contributed by atoms with Gasteiger partial charge in [-0.3, -0.25) is 4.79 Å². The van der Waals surface area contributed by atoms with Crippen LogP contribution in [0.2, 0.25) is 0 Å². The molecule has 0 spiro atoms. The van der Waals surface area contributed by atoms with Crippen molar-refractivity contribution >= 4 is 23.5 Å². The summed E-state index contributed by atoms with van der Waals surface area (Å²) in [6.07, 6.45) is 1.96. The number of carbonyl (C=O) groups excluding carboxylic acids is 1. The highest BCUT2D eigenvalue weighted by atomic mass is 32.2. The number of nitrogens with zero attached hydrogens (tertiary/aromatic N) is 2. The second-order valence-electron chi connectivity index (χ2n) is 4.30. The molecule has 1 aliphatic heterocycles. The van der Waals surface area contributed by atoms with E-state index in [2.05, 4.69) is 5.16 Å². The fourth-order valence-corrected chi connectivity index (χ4v) is 3.07. The second kappa shape index (κ2) is 4.95. The van der Waals surface area contributed by atoms with E-state index in [4.69, 9.17) is 10.9 Å². The fraction of sp³-hybridized carbons (Fsp3) is 0.800. The standard InChI is InChI=1S/C10H19N3O2S/c1-7(8(11)12-15)13(3)9(14)10(2)5-4-6-16-10/h7,15H,4-6H2,1-3H3,(H2,11,12). The number of hydrogen-bond donors (Lipinski definition) is 2. The van der Waals surface area contributed by atoms with E-state index in [9.17, 15) is 4.79 Å². The lowest BCUT2D eigenvalue weighted by atomic mass is 10.0. The van der Waals surface area contributed by atoms with Crippen LogP contribution in [0.3, 0.4) is 0 Å². The van der Waals surface area contributed by atoms with Crippen molar-refractivity contribution in [3.63, 3.8) is 0 Å². The molecule has 0 aromatic rings. The van der Waals surface area contributed by atoms with Crippen molar-refractivity contribution in [2.45, 2.75) is 37.5 Å². The van der Waals surface area contributed by atoms with Gasteiger partial charge in [0.1, 0.15) is 0 Å². The zero-order valence-corrected chi connectivity index (χ0v) is 10.8. The number of carbonyl (C=O) groups is 1. The lowest BCUT2D eigenvalue weighted by molar-refractivity contribution is -0.132. The zero-order chi connectivity index (χ0) is 12.3. The molecule has 1 rings (SSSR count). The van der Waals surface area contributed by atoms with Gasteiger partial charge in [0.15, 0.2) is 5.84 Å². The van der Waals surface area contributed by atoms with Crippen molar-refractivity contribution in [1.29, 1.82) is 0 Å². The molecule has 0 aliphatic carbocycles. The summed E-state index contributed by atoms with van der Waals surface area (Å²) in [5, 5.41) is 11.5. The van der Waals surface area contributed by atoms with Crippen LogP contribution in [0.15, 0.2) is 5.16 Å². The molecule has 16 heavy (non-hydrogen) atoms. The Bertz CT molecular complexity index is 300. The van der Waals surface area contributed by atoms with E-state index >= 15 is 0 Å². The van der Waals surface area contributed by atoms with Crippen LogP contribution in [-0.4, -0.2) is 45.4 Å². The first-order valence-corrected chi connectivity index (χ1v) is 6.29. The molecule has 0 radical (unpaired) electrons. The molecule has 1 saturated heterocycles. The number of thioether (sulfide) groups is 1. The van der Waals surface area contributed by atoms with Crippen molar-refractivity contribution in [2.75, 3.05) is 12.8 Å². The number of amides is 1. The van der Waals surface area contributed by atoms with Gasteiger partial charge in [0.2, 0.25) is 5.91 Å². The van der Waals surface area contributed by atoms with E-state index in [0.29, 0.717) is 0 Å². The van der Waals surface area contributed by atoms with Crippen molar-refractivity contribution in [1.82, 2.24) is 4.90 Å². The predicted octanol–water partition coefficient (Wildman–Crippen LogP) is 0.865. The van der Waals surface area contributed by atoms with Crippen molar-refractivity contribution in [3.8, 4) is 0 Å². The Morgan fingerprint density at radius 1 is 1.69 bits per heavy atom. The van der Waals surface area contributed by atoms with Crippen LogP contribution in [0.25, 0.3) is 0 Å². The largest absolute Gasteiger partial charge is 0.409 e. The van der Waals surface area contributed by atoms with Crippen LogP contribution in [-0.2, 0) is 4.79 Å². The molecule has 92 valence electrons. The molecule has 6 heteroatoms. The number of likely N-dealkylation sites (N-methyl/N-ethyl adjacent to an activating group) is 1. The Labute approximate surface area is 100 Å². The maximum absolute atomic E-state index is 12.2. The normalized spacial score (nSPS) is 27.8. The minimum absolute atomic E-state index is 0.0501. The summed E-state index contributed by atoms with van der Waals surface area (Å²) in [6.45, 7) is 3.71. The first-order valence-electron chi connectivity index (χ1n) is 5.31. The Balaban J connectivity index is 2.74. The van der Waals surface area contributed by atoms with Gasteiger partial charge in [-0.15, -0.1) is 11.8 Å². The lowest BCUT2D eigenvalue weighted by Crippen LogP contribution is -2.50. The maximum Gasteiger partial charge on any atom is 0.238 e. The molecule has 5 nitrogen and oxygen atoms in total. The van der Waals surface area contributed by atoms with E-state index in [1.54, 1.807) is 30.6 Å². The molecule has 2 unspecified atom stereocenters. The first kappa shape index (κ1) is 13.2. The summed E-state index contributed by atoms with van der Waals surface area (Å²) in [7, 11) is 1.69. The number of oxime groups is 1. The Hall–Kier alpha value is -0.910. The topological polar surface area (TPSA) is 78.9 Å². The summed E-state index contributed by atoms with van der Waals surface area (Å²) in [6, 6.07) is -0.379. The SMILES string of the molecule is CC(C(N)=NO)N(C)C(=O)C1(C)CCCS1. The fourth-order valence-electron chi connectivity index (χ4n) is 1.78. The third kappa shape index (κ3) is 2.42. The number of amidine groups is 1. The number of rotatable bonds is 3. The van der Waals surface area contributed by atoms with Gasteiger partial charge in [0, 0.05) is 7.05 Å². The van der Waals surface area contributed by atoms with Gasteiger partial charge >= 0.3 is 0 Å². The number of nitrogens with two attached hydrogens (primary N) is 1. The highest BCUT2D eigenvalue weighted by molar-refractivity contribution is 8.01. The summed E-state index contributed by atoms with van der Waals surface area (Å²) in [5.74, 6) is 1.13. The van der Waals surface area contributed by atoms with E-state index in [1.165, 1.54) is 0 Å². The summed E-state index contributed by atoms with van der Waals surface area (Å²) >= 11 is 1.68. The molecule has 3 N–H and O–H groups in total. The van der Waals surface area contributed by atoms with Crippen LogP contribution in [0.4, 0.5) is 0 Å². The van der Waals surface area contributed by atoms with Gasteiger partial charge in [-0.1, -0.05) is 5.16 Å². The molecule has 0 saturated carbocycles. The summed E-state index contributed by atoms with van der Waals surface area (Å²) in [4.78, 5) is 13.8. The molecule has 0 aromatic heterocycles. The molecule has 0 bridgehead atoms. The predicted molar refractivity (Wildman–Crippen MR) is 65.7 cm³/mol. The van der Waals surface area contributed by atoms with Gasteiger partial charge in [0.25, 0.3) is 0 Å². The van der Waals surface area contributed by atoms with E-state index in [0.717, 1.165) is 18.6 Å². The van der Waals surface area contributed by atoms with Gasteiger partial charge in [-0.25, -0.2) is 0 Å².